The molecule has 3 aliphatic carbocycles. The van der Waals surface area contributed by atoms with Gasteiger partial charge in [-0.25, -0.2) is 4.98 Å². The number of ketones is 1. The molecule has 204 valence electrons. The number of thiazole rings is 1. The minimum absolute atomic E-state index is 0.0230. The summed E-state index contributed by atoms with van der Waals surface area (Å²) < 4.78 is 6.13. The van der Waals surface area contributed by atoms with Crippen molar-refractivity contribution in [3.63, 3.8) is 0 Å². The lowest BCUT2D eigenvalue weighted by Crippen LogP contribution is -2.44. The summed E-state index contributed by atoms with van der Waals surface area (Å²) in [6, 6.07) is 17.0. The van der Waals surface area contributed by atoms with Crippen LogP contribution in [0.25, 0.3) is 0 Å². The van der Waals surface area contributed by atoms with Crippen molar-refractivity contribution in [2.45, 2.75) is 77.7 Å². The normalized spacial score (nSPS) is 27.4. The van der Waals surface area contributed by atoms with Crippen LogP contribution in [0.5, 0.6) is 5.75 Å². The summed E-state index contributed by atoms with van der Waals surface area (Å²) in [4.78, 5) is 31.2. The number of nitrogens with zero attached hydrogens (tertiary/aromatic N) is 1. The fourth-order valence-electron chi connectivity index (χ4n) is 7.83. The molecule has 1 N–H and O–H groups in total. The summed E-state index contributed by atoms with van der Waals surface area (Å²) in [7, 11) is 0. The van der Waals surface area contributed by atoms with E-state index in [1.807, 2.05) is 25.1 Å². The van der Waals surface area contributed by atoms with E-state index in [1.165, 1.54) is 28.0 Å². The van der Waals surface area contributed by atoms with Crippen molar-refractivity contribution in [1.82, 2.24) is 4.98 Å². The molecule has 0 aliphatic heterocycles. The largest absolute Gasteiger partial charge is 0.489 e. The molecule has 3 aliphatic rings. The Hall–Kier alpha value is -2.99. The average molecular weight is 543 g/mol. The quantitative estimate of drug-likeness (QED) is 0.320. The Balaban J connectivity index is 1.12. The SMILES string of the molecule is Cc1cnc(NC(=O)CCC[C@@H]2CC(=O)[C@@]3(C)CCC4c5ccc(OCc6ccccc6)cc5CCC4C23)s1. The van der Waals surface area contributed by atoms with Gasteiger partial charge in [0.05, 0.1) is 0 Å². The Kier molecular flexibility index (Phi) is 7.32. The van der Waals surface area contributed by atoms with Crippen molar-refractivity contribution < 1.29 is 14.3 Å². The minimum Gasteiger partial charge on any atom is -0.489 e. The lowest BCUT2D eigenvalue weighted by Gasteiger charge is -2.50. The summed E-state index contributed by atoms with van der Waals surface area (Å²) in [6.07, 6.45) is 8.94. The predicted molar refractivity (Wildman–Crippen MR) is 155 cm³/mol. The first-order chi connectivity index (χ1) is 18.9. The number of benzene rings is 2. The fourth-order valence-corrected chi connectivity index (χ4v) is 8.51. The van der Waals surface area contributed by atoms with Crippen LogP contribution in [0.3, 0.4) is 0 Å². The van der Waals surface area contributed by atoms with E-state index in [0.717, 1.165) is 49.2 Å². The molecule has 5 atom stereocenters. The van der Waals surface area contributed by atoms with E-state index in [1.54, 1.807) is 6.20 Å². The first kappa shape index (κ1) is 26.2. The number of anilines is 1. The number of ether oxygens (including phenoxy) is 1. The molecule has 3 unspecified atom stereocenters. The second kappa shape index (κ2) is 10.9. The summed E-state index contributed by atoms with van der Waals surface area (Å²) in [5.41, 5.74) is 3.86. The number of carbonyl (C=O) groups excluding carboxylic acids is 2. The number of amides is 1. The number of fused-ring (bicyclic) bond motifs is 5. The maximum atomic E-state index is 13.3. The molecule has 2 saturated carbocycles. The van der Waals surface area contributed by atoms with Crippen molar-refractivity contribution in [2.24, 2.45) is 23.2 Å². The van der Waals surface area contributed by atoms with Gasteiger partial charge in [0.15, 0.2) is 5.13 Å². The minimum atomic E-state index is -0.206. The number of aryl methyl sites for hydroxylation is 2. The van der Waals surface area contributed by atoms with E-state index in [9.17, 15) is 9.59 Å². The molecule has 1 heterocycles. The molecule has 0 saturated heterocycles. The van der Waals surface area contributed by atoms with Gasteiger partial charge in [-0.2, -0.15) is 0 Å². The molecule has 6 rings (SSSR count). The number of carbonyl (C=O) groups is 2. The number of rotatable bonds is 8. The zero-order valence-electron chi connectivity index (χ0n) is 22.9. The smallest absolute Gasteiger partial charge is 0.226 e. The van der Waals surface area contributed by atoms with Gasteiger partial charge in [0.1, 0.15) is 18.1 Å². The predicted octanol–water partition coefficient (Wildman–Crippen LogP) is 7.49. The highest BCUT2D eigenvalue weighted by Gasteiger charge is 2.58. The molecule has 2 fully saturated rings. The topological polar surface area (TPSA) is 68.3 Å². The highest BCUT2D eigenvalue weighted by molar-refractivity contribution is 7.15. The Bertz CT molecular complexity index is 1350. The van der Waals surface area contributed by atoms with Crippen LogP contribution in [0, 0.1) is 30.1 Å². The fraction of sp³-hybridized carbons (Fsp3) is 0.485. The summed E-state index contributed by atoms with van der Waals surface area (Å²) in [5, 5.41) is 3.60. The standard InChI is InChI=1S/C33H38N2O3S/c1-21-19-34-32(39-21)35-30(37)10-6-9-24-18-29(36)33(2)16-15-27-26-14-12-25(38-20-22-7-4-3-5-8-22)17-23(26)11-13-28(27)31(24)33/h3-5,7-8,12,14,17,19,24,27-28,31H,6,9-11,13,15-16,18,20H2,1-2H3,(H,34,35,37)/t24-,27?,28?,31?,33-/m1/s1. The van der Waals surface area contributed by atoms with Gasteiger partial charge in [-0.1, -0.05) is 43.3 Å². The van der Waals surface area contributed by atoms with Gasteiger partial charge in [-0.3, -0.25) is 9.59 Å². The van der Waals surface area contributed by atoms with E-state index in [2.05, 4.69) is 47.6 Å². The van der Waals surface area contributed by atoms with Gasteiger partial charge in [0.2, 0.25) is 5.91 Å². The van der Waals surface area contributed by atoms with Crippen LogP contribution in [0.2, 0.25) is 0 Å². The molecule has 0 spiro atoms. The van der Waals surface area contributed by atoms with Crippen LogP contribution in [0.4, 0.5) is 5.13 Å². The summed E-state index contributed by atoms with van der Waals surface area (Å²) >= 11 is 1.50. The van der Waals surface area contributed by atoms with Crippen LogP contribution in [0.1, 0.15) is 79.4 Å². The molecule has 3 aromatic rings. The van der Waals surface area contributed by atoms with Crippen molar-refractivity contribution >= 4 is 28.2 Å². The Morgan fingerprint density at radius 3 is 2.82 bits per heavy atom. The molecular formula is C33H38N2O3S. The van der Waals surface area contributed by atoms with Gasteiger partial charge < -0.3 is 10.1 Å². The lowest BCUT2D eigenvalue weighted by atomic mass is 9.54. The van der Waals surface area contributed by atoms with Crippen LogP contribution >= 0.6 is 11.3 Å². The Morgan fingerprint density at radius 2 is 2.03 bits per heavy atom. The second-order valence-electron chi connectivity index (χ2n) is 12.0. The van der Waals surface area contributed by atoms with E-state index >= 15 is 0 Å². The molecule has 0 radical (unpaired) electrons. The van der Waals surface area contributed by atoms with Gasteiger partial charge in [0.25, 0.3) is 0 Å². The molecule has 39 heavy (non-hydrogen) atoms. The maximum Gasteiger partial charge on any atom is 0.226 e. The number of aromatic nitrogens is 1. The monoisotopic (exact) mass is 542 g/mol. The number of nitrogens with one attached hydrogen (secondary N) is 1. The van der Waals surface area contributed by atoms with Gasteiger partial charge in [0, 0.05) is 29.3 Å². The number of Topliss-reactive ketones (excluding diaryl/α,β-unsaturated/α-hetero) is 1. The van der Waals surface area contributed by atoms with Crippen molar-refractivity contribution in [3.05, 3.63) is 76.3 Å². The van der Waals surface area contributed by atoms with E-state index in [0.29, 0.717) is 54.0 Å². The summed E-state index contributed by atoms with van der Waals surface area (Å²) in [6.45, 7) is 4.81. The van der Waals surface area contributed by atoms with Crippen molar-refractivity contribution in [3.8, 4) is 5.75 Å². The molecule has 6 heteroatoms. The molecule has 1 amide bonds. The highest BCUT2D eigenvalue weighted by atomic mass is 32.1. The van der Waals surface area contributed by atoms with Gasteiger partial charge >= 0.3 is 0 Å². The van der Waals surface area contributed by atoms with E-state index in [4.69, 9.17) is 4.74 Å². The van der Waals surface area contributed by atoms with E-state index < -0.39 is 0 Å². The van der Waals surface area contributed by atoms with Crippen LogP contribution in [0.15, 0.2) is 54.7 Å². The third-order valence-corrected chi connectivity index (χ3v) is 10.5. The van der Waals surface area contributed by atoms with Gasteiger partial charge in [-0.05, 0) is 97.9 Å². The lowest BCUT2D eigenvalue weighted by molar-refractivity contribution is -0.129. The number of hydrogen-bond donors (Lipinski definition) is 1. The molecule has 0 bridgehead atoms. The molecular weight excluding hydrogens is 504 g/mol. The molecule has 2 aromatic carbocycles. The first-order valence-corrected chi connectivity index (χ1v) is 15.3. The van der Waals surface area contributed by atoms with Crippen molar-refractivity contribution in [2.75, 3.05) is 5.32 Å². The van der Waals surface area contributed by atoms with Crippen LogP contribution < -0.4 is 10.1 Å². The maximum absolute atomic E-state index is 13.3. The molecule has 5 nitrogen and oxygen atoms in total. The molecule has 1 aromatic heterocycles. The second-order valence-corrected chi connectivity index (χ2v) is 13.3. The summed E-state index contributed by atoms with van der Waals surface area (Å²) in [5.74, 6) is 3.26. The van der Waals surface area contributed by atoms with Crippen LogP contribution in [-0.4, -0.2) is 16.7 Å². The number of hydrogen-bond acceptors (Lipinski definition) is 5. The van der Waals surface area contributed by atoms with Crippen LogP contribution in [-0.2, 0) is 22.6 Å². The highest BCUT2D eigenvalue weighted by Crippen LogP contribution is 2.62. The van der Waals surface area contributed by atoms with Crippen molar-refractivity contribution in [1.29, 1.82) is 0 Å². The Labute approximate surface area is 235 Å². The zero-order chi connectivity index (χ0) is 27.0. The Morgan fingerprint density at radius 1 is 1.18 bits per heavy atom. The zero-order valence-corrected chi connectivity index (χ0v) is 23.8. The third kappa shape index (κ3) is 5.28. The third-order valence-electron chi connectivity index (χ3n) is 9.64. The average Bonchev–Trinajstić information content (AvgIpc) is 3.46. The first-order valence-electron chi connectivity index (χ1n) is 14.5. The van der Waals surface area contributed by atoms with Gasteiger partial charge in [-0.15, -0.1) is 11.3 Å². The van der Waals surface area contributed by atoms with E-state index in [-0.39, 0.29) is 11.3 Å².